The van der Waals surface area contributed by atoms with Crippen LogP contribution in [0, 0.1) is 0 Å². The molecule has 96 valence electrons. The molecule has 0 amide bonds. The normalized spacial score (nSPS) is 6.35. The Morgan fingerprint density at radius 2 is 0.941 bits per heavy atom. The van der Waals surface area contributed by atoms with Gasteiger partial charge >= 0.3 is 0 Å². The van der Waals surface area contributed by atoms with Crippen LogP contribution in [0.1, 0.15) is 35.1 Å². The van der Waals surface area contributed by atoms with Crippen molar-refractivity contribution in [1.82, 2.24) is 15.0 Å². The molecule has 0 aliphatic carbocycles. The Morgan fingerprint density at radius 1 is 0.529 bits per heavy atom. The Kier molecular flexibility index (Phi) is 28.9. The molecule has 2 aromatic rings. The molecule has 17 heavy (non-hydrogen) atoms. The van der Waals surface area contributed by atoms with E-state index in [1.807, 2.05) is 45.9 Å². The average Bonchev–Trinajstić information content (AvgIpc) is 2.48. The molecular formula is C14H25N3. The van der Waals surface area contributed by atoms with Crippen LogP contribution in [0.3, 0.4) is 0 Å². The maximum atomic E-state index is 3.78. The number of hydrogen-bond acceptors (Lipinski definition) is 3. The lowest BCUT2D eigenvalue weighted by atomic mass is 10.5. The van der Waals surface area contributed by atoms with E-state index in [9.17, 15) is 0 Å². The number of nitrogens with zero attached hydrogens (tertiary/aromatic N) is 3. The number of aromatic nitrogens is 3. The first kappa shape index (κ1) is 20.6. The Hall–Kier alpha value is -1.77. The van der Waals surface area contributed by atoms with Crippen molar-refractivity contribution in [3.63, 3.8) is 0 Å². The van der Waals surface area contributed by atoms with Gasteiger partial charge in [0.15, 0.2) is 0 Å². The summed E-state index contributed by atoms with van der Waals surface area (Å²) in [5.41, 5.74) is 0. The molecule has 2 rings (SSSR count). The van der Waals surface area contributed by atoms with Gasteiger partial charge in [-0.2, -0.15) is 0 Å². The summed E-state index contributed by atoms with van der Waals surface area (Å²) >= 11 is 0. The van der Waals surface area contributed by atoms with Crippen LogP contribution >= 0.6 is 0 Å². The van der Waals surface area contributed by atoms with Crippen LogP contribution in [0.2, 0.25) is 0 Å². The summed E-state index contributed by atoms with van der Waals surface area (Å²) < 4.78 is 0. The average molecular weight is 235 g/mol. The van der Waals surface area contributed by atoms with Crippen molar-refractivity contribution >= 4 is 0 Å². The molecule has 0 saturated heterocycles. The fourth-order valence-corrected chi connectivity index (χ4v) is 0.566. The molecule has 0 bridgehead atoms. The molecule has 0 atom stereocenters. The molecule has 0 aromatic carbocycles. The summed E-state index contributed by atoms with van der Waals surface area (Å²) in [5, 5.41) is 0. The van der Waals surface area contributed by atoms with Gasteiger partial charge in [-0.1, -0.05) is 41.2 Å². The Morgan fingerprint density at radius 3 is 1.06 bits per heavy atom. The van der Waals surface area contributed by atoms with Crippen molar-refractivity contribution in [3.8, 4) is 0 Å². The van der Waals surface area contributed by atoms with Gasteiger partial charge in [0.25, 0.3) is 0 Å². The van der Waals surface area contributed by atoms with Crippen molar-refractivity contribution in [3.05, 3.63) is 55.4 Å². The molecule has 0 fully saturated rings. The molecule has 2 heterocycles. The standard InChI is InChI=1S/C5H5N.C4H4N2.2C2H6.CH4/c1-2-4-6-5-3-1;1-2-5-4-6-3-1;2*1-2;/h1-5H;1-4H;2*1-2H3;1H4. The predicted octanol–water partition coefficient (Wildman–Crippen LogP) is 4.25. The lowest BCUT2D eigenvalue weighted by molar-refractivity contribution is 1.17. The van der Waals surface area contributed by atoms with Crippen molar-refractivity contribution in [2.75, 3.05) is 0 Å². The summed E-state index contributed by atoms with van der Waals surface area (Å²) in [7, 11) is 0. The summed E-state index contributed by atoms with van der Waals surface area (Å²) in [4.78, 5) is 11.1. The van der Waals surface area contributed by atoms with Gasteiger partial charge in [-0.05, 0) is 18.2 Å². The van der Waals surface area contributed by atoms with E-state index >= 15 is 0 Å². The van der Waals surface area contributed by atoms with E-state index in [2.05, 4.69) is 15.0 Å². The molecule has 0 aliphatic heterocycles. The Balaban J connectivity index is -0.000000171. The quantitative estimate of drug-likeness (QED) is 0.685. The van der Waals surface area contributed by atoms with Crippen LogP contribution < -0.4 is 0 Å². The van der Waals surface area contributed by atoms with Gasteiger partial charge < -0.3 is 0 Å². The number of hydrogen-bond donors (Lipinski definition) is 0. The highest BCUT2D eigenvalue weighted by atomic mass is 14.8. The molecule has 0 spiro atoms. The topological polar surface area (TPSA) is 38.7 Å². The Bertz CT molecular complexity index is 187. The summed E-state index contributed by atoms with van der Waals surface area (Å²) in [6.45, 7) is 8.00. The summed E-state index contributed by atoms with van der Waals surface area (Å²) in [5.74, 6) is 0. The lowest BCUT2D eigenvalue weighted by Gasteiger charge is -1.70. The summed E-state index contributed by atoms with van der Waals surface area (Å²) in [6, 6.07) is 7.49. The van der Waals surface area contributed by atoms with Crippen LogP contribution in [-0.2, 0) is 0 Å². The van der Waals surface area contributed by atoms with Crippen molar-refractivity contribution in [2.24, 2.45) is 0 Å². The predicted molar refractivity (Wildman–Crippen MR) is 75.7 cm³/mol. The van der Waals surface area contributed by atoms with Crippen LogP contribution in [0.25, 0.3) is 0 Å². The van der Waals surface area contributed by atoms with Gasteiger partial charge in [0.1, 0.15) is 6.33 Å². The first-order valence-electron chi connectivity index (χ1n) is 5.55. The molecule has 3 nitrogen and oxygen atoms in total. The first-order valence-corrected chi connectivity index (χ1v) is 5.55. The van der Waals surface area contributed by atoms with Crippen LogP contribution in [0.15, 0.2) is 55.4 Å². The molecule has 2 aromatic heterocycles. The van der Waals surface area contributed by atoms with E-state index in [1.165, 1.54) is 6.33 Å². The molecule has 0 N–H and O–H groups in total. The molecule has 0 aliphatic rings. The van der Waals surface area contributed by atoms with Gasteiger partial charge in [-0.3, -0.25) is 4.98 Å². The van der Waals surface area contributed by atoms with E-state index in [0.717, 1.165) is 0 Å². The highest BCUT2D eigenvalue weighted by Crippen LogP contribution is 1.73. The zero-order valence-electron chi connectivity index (χ0n) is 10.5. The molecule has 0 radical (unpaired) electrons. The van der Waals surface area contributed by atoms with E-state index < -0.39 is 0 Å². The minimum atomic E-state index is 0. The van der Waals surface area contributed by atoms with Gasteiger partial charge in [0.2, 0.25) is 0 Å². The number of rotatable bonds is 0. The van der Waals surface area contributed by atoms with Gasteiger partial charge in [-0.15, -0.1) is 0 Å². The Labute approximate surface area is 106 Å². The van der Waals surface area contributed by atoms with Crippen molar-refractivity contribution in [1.29, 1.82) is 0 Å². The highest BCUT2D eigenvalue weighted by Gasteiger charge is 1.59. The van der Waals surface area contributed by atoms with Crippen molar-refractivity contribution in [2.45, 2.75) is 35.1 Å². The monoisotopic (exact) mass is 235 g/mol. The van der Waals surface area contributed by atoms with E-state index in [-0.39, 0.29) is 7.43 Å². The van der Waals surface area contributed by atoms with Gasteiger partial charge in [-0.25, -0.2) is 9.97 Å². The van der Waals surface area contributed by atoms with E-state index in [0.29, 0.717) is 0 Å². The third-order valence-corrected chi connectivity index (χ3v) is 1.04. The second-order valence-corrected chi connectivity index (χ2v) is 1.93. The first-order chi connectivity index (χ1) is 8.00. The fourth-order valence-electron chi connectivity index (χ4n) is 0.566. The van der Waals surface area contributed by atoms with Gasteiger partial charge in [0, 0.05) is 24.8 Å². The minimum absolute atomic E-state index is 0. The second-order valence-electron chi connectivity index (χ2n) is 1.93. The number of pyridine rings is 1. The molecule has 3 heteroatoms. The molecule has 0 saturated carbocycles. The largest absolute Gasteiger partial charge is 0.265 e. The zero-order valence-corrected chi connectivity index (χ0v) is 10.5. The molecule has 0 unspecified atom stereocenters. The molecular weight excluding hydrogens is 210 g/mol. The van der Waals surface area contributed by atoms with Crippen molar-refractivity contribution < 1.29 is 0 Å². The zero-order chi connectivity index (χ0) is 12.5. The summed E-state index contributed by atoms with van der Waals surface area (Å²) in [6.07, 6.45) is 8.38. The van der Waals surface area contributed by atoms with Gasteiger partial charge in [0.05, 0.1) is 0 Å². The van der Waals surface area contributed by atoms with Crippen LogP contribution in [0.4, 0.5) is 0 Å². The highest BCUT2D eigenvalue weighted by molar-refractivity contribution is 4.88. The third kappa shape index (κ3) is 20.3. The van der Waals surface area contributed by atoms with Crippen LogP contribution in [0.5, 0.6) is 0 Å². The second kappa shape index (κ2) is 23.8. The minimum Gasteiger partial charge on any atom is -0.265 e. The maximum absolute atomic E-state index is 3.78. The van der Waals surface area contributed by atoms with E-state index in [4.69, 9.17) is 0 Å². The third-order valence-electron chi connectivity index (χ3n) is 1.04. The maximum Gasteiger partial charge on any atom is 0.115 e. The van der Waals surface area contributed by atoms with E-state index in [1.54, 1.807) is 30.9 Å². The lowest BCUT2D eigenvalue weighted by Crippen LogP contribution is -1.66. The SMILES string of the molecule is C.CC.CC.c1ccncc1.c1cncnc1. The fraction of sp³-hybridized carbons (Fsp3) is 0.357. The smallest absolute Gasteiger partial charge is 0.115 e. The van der Waals surface area contributed by atoms with Crippen LogP contribution in [-0.4, -0.2) is 15.0 Å².